The zero-order valence-corrected chi connectivity index (χ0v) is 38.8. The molecule has 0 radical (unpaired) electrons. The predicted octanol–water partition coefficient (Wildman–Crippen LogP) is 15.0. The highest BCUT2D eigenvalue weighted by molar-refractivity contribution is 7.68. The second-order valence-corrected chi connectivity index (χ2v) is 24.0. The molecule has 0 N–H and O–H groups in total. The maximum Gasteiger partial charge on any atom is 0.260 e. The van der Waals surface area contributed by atoms with Gasteiger partial charge in [0.25, 0.3) is 8.37 Å². The fourth-order valence-corrected chi connectivity index (χ4v) is 19.1. The van der Waals surface area contributed by atoms with Gasteiger partial charge in [0, 0.05) is 48.3 Å². The minimum absolute atomic E-state index is 0.699. The van der Waals surface area contributed by atoms with Crippen LogP contribution in [0.3, 0.4) is 0 Å². The number of hydrogen-bond acceptors (Lipinski definition) is 5. The molecule has 8 fully saturated rings. The molecule has 324 valence electrons. The van der Waals surface area contributed by atoms with Crippen molar-refractivity contribution in [3.63, 3.8) is 0 Å². The largest absolute Gasteiger partial charge is 0.284 e. The molecule has 6 nitrogen and oxygen atoms in total. The predicted molar refractivity (Wildman–Crippen MR) is 244 cm³/mol. The van der Waals surface area contributed by atoms with Crippen LogP contribution in [0.5, 0.6) is 0 Å². The molecule has 8 rings (SSSR count). The lowest BCUT2D eigenvalue weighted by Crippen LogP contribution is -2.50. The molecule has 0 aliphatic heterocycles. The molecule has 0 spiro atoms. The topological polar surface area (TPSA) is 39.4 Å². The quantitative estimate of drug-likeness (QED) is 0.0575. The van der Waals surface area contributed by atoms with E-state index in [1.807, 2.05) is 0 Å². The van der Waals surface area contributed by atoms with E-state index in [-0.39, 0.29) is 0 Å². The van der Waals surface area contributed by atoms with Crippen molar-refractivity contribution in [2.24, 2.45) is 4.88 Å². The summed E-state index contributed by atoms with van der Waals surface area (Å²) in [6.07, 6.45) is 56.6. The standard InChI is InChI=1S/C49H88N6P2/c1-9-25-42(26-10-1)52(43-27-11-2-12-28-43)56(53(44-29-13-3-14-30-44)45-31-15-4-16-32-45)41-50-51-57(54(46-33-17-5-18-34-46)47-35-19-6-20-36-47)55(48-37-21-7-22-38-48)49-39-23-8-24-40-49/h42-49H,1-40H2. The Morgan fingerprint density at radius 3 is 0.684 bits per heavy atom. The normalized spacial score (nSPS) is 27.6. The zero-order chi connectivity index (χ0) is 38.5. The Bertz CT molecular complexity index is 940. The molecule has 0 amide bonds. The molecule has 0 aromatic heterocycles. The molecular weight excluding hydrogens is 735 g/mol. The van der Waals surface area contributed by atoms with E-state index in [4.69, 9.17) is 9.67 Å². The molecule has 0 atom stereocenters. The highest BCUT2D eigenvalue weighted by Crippen LogP contribution is 2.58. The highest BCUT2D eigenvalue weighted by Gasteiger charge is 2.46. The van der Waals surface area contributed by atoms with Crippen LogP contribution < -0.4 is 0 Å². The monoisotopic (exact) mass is 823 g/mol. The Balaban J connectivity index is 1.24. The van der Waals surface area contributed by atoms with Gasteiger partial charge in [-0.25, -0.2) is 9.34 Å². The zero-order valence-electron chi connectivity index (χ0n) is 37.0. The lowest BCUT2D eigenvalue weighted by molar-refractivity contribution is -0.0632. The third kappa shape index (κ3) is 11.8. The number of nitrogens with zero attached hydrogens (tertiary/aromatic N) is 6. The molecule has 57 heavy (non-hydrogen) atoms. The summed E-state index contributed by atoms with van der Waals surface area (Å²) in [6, 6.07) is 5.66. The van der Waals surface area contributed by atoms with Crippen LogP contribution in [0.15, 0.2) is 4.88 Å². The van der Waals surface area contributed by atoms with E-state index in [2.05, 4.69) is 24.6 Å². The van der Waals surface area contributed by atoms with Gasteiger partial charge in [-0.15, -0.1) is 4.79 Å². The van der Waals surface area contributed by atoms with Gasteiger partial charge in [-0.05, 0) is 111 Å². The van der Waals surface area contributed by atoms with Crippen molar-refractivity contribution in [1.29, 1.82) is 0 Å². The van der Waals surface area contributed by atoms with Gasteiger partial charge in [-0.1, -0.05) is 154 Å². The molecule has 0 saturated heterocycles. The summed E-state index contributed by atoms with van der Waals surface area (Å²) >= 11 is 0. The Morgan fingerprint density at radius 1 is 0.281 bits per heavy atom. The van der Waals surface area contributed by atoms with Crippen molar-refractivity contribution < 1.29 is 4.79 Å². The molecule has 0 unspecified atom stereocenters. The van der Waals surface area contributed by atoms with E-state index < -0.39 is 16.6 Å². The van der Waals surface area contributed by atoms with Crippen LogP contribution in [-0.4, -0.2) is 77.8 Å². The minimum atomic E-state index is -0.870. The average molecular weight is 823 g/mol. The third-order valence-corrected chi connectivity index (χ3v) is 21.5. The second kappa shape index (κ2) is 23.5. The van der Waals surface area contributed by atoms with E-state index in [0.29, 0.717) is 48.3 Å². The average Bonchev–Trinajstić information content (AvgIpc) is 3.29. The van der Waals surface area contributed by atoms with Gasteiger partial charge in [0.1, 0.15) is 0 Å². The molecular formula is C49H88N6P2. The fraction of sp³-hybridized carbons (Fsp3) is 0.980. The Kier molecular flexibility index (Phi) is 18.0. The maximum absolute atomic E-state index is 6.00. The van der Waals surface area contributed by atoms with Crippen molar-refractivity contribution in [2.45, 2.75) is 305 Å². The van der Waals surface area contributed by atoms with E-state index in [1.54, 1.807) is 0 Å². The molecule has 0 aromatic rings. The van der Waals surface area contributed by atoms with Crippen LogP contribution in [0, 0.1) is 0 Å². The molecule has 8 heteroatoms. The van der Waals surface area contributed by atoms with Gasteiger partial charge in [0.15, 0.2) is 0 Å². The SMILES string of the molecule is [C-](=[N+]=NP(N(C1CCCCC1)C1CCCCC1)N(C1CCCCC1)C1CCCCC1)P(N(C1CCCCC1)C1CCCCC1)N(C1CCCCC1)C1CCCCC1. The molecule has 8 saturated carbocycles. The smallest absolute Gasteiger partial charge is 0.260 e. The van der Waals surface area contributed by atoms with Crippen molar-refractivity contribution in [1.82, 2.24) is 18.7 Å². The summed E-state index contributed by atoms with van der Waals surface area (Å²) in [5.74, 6) is 4.30. The van der Waals surface area contributed by atoms with Gasteiger partial charge < -0.3 is 0 Å². The van der Waals surface area contributed by atoms with Crippen molar-refractivity contribution in [2.75, 3.05) is 0 Å². The minimum Gasteiger partial charge on any atom is -0.284 e. The van der Waals surface area contributed by atoms with Gasteiger partial charge in [0.05, 0.1) is 10.8 Å². The lowest BCUT2D eigenvalue weighted by Gasteiger charge is -2.55. The van der Waals surface area contributed by atoms with E-state index in [9.17, 15) is 0 Å². The summed E-state index contributed by atoms with van der Waals surface area (Å²) in [5, 5.41) is 0. The van der Waals surface area contributed by atoms with Crippen LogP contribution in [0.2, 0.25) is 0 Å². The summed E-state index contributed by atoms with van der Waals surface area (Å²) in [5.41, 5.74) is 0. The van der Waals surface area contributed by atoms with E-state index >= 15 is 0 Å². The van der Waals surface area contributed by atoms with Gasteiger partial charge in [-0.3, -0.25) is 9.34 Å². The first-order chi connectivity index (χ1) is 28.3. The molecule has 8 aliphatic rings. The van der Waals surface area contributed by atoms with Crippen LogP contribution in [-0.2, 0) is 0 Å². The fourth-order valence-electron chi connectivity index (χ4n) is 13.7. The third-order valence-electron chi connectivity index (χ3n) is 16.7. The summed E-state index contributed by atoms with van der Waals surface area (Å²) in [7, 11) is -1.65. The lowest BCUT2D eigenvalue weighted by atomic mass is 9.90. The van der Waals surface area contributed by atoms with Crippen molar-refractivity contribution in [3.8, 4) is 0 Å². The summed E-state index contributed by atoms with van der Waals surface area (Å²) in [4.78, 5) is 11.7. The second-order valence-electron chi connectivity index (χ2n) is 20.7. The van der Waals surface area contributed by atoms with E-state index in [0.717, 1.165) is 0 Å². The van der Waals surface area contributed by atoms with Crippen molar-refractivity contribution in [3.05, 3.63) is 0 Å². The number of hydrogen-bond donors (Lipinski definition) is 0. The molecule has 0 bridgehead atoms. The molecule has 0 aromatic carbocycles. The first kappa shape index (κ1) is 43.7. The van der Waals surface area contributed by atoms with Crippen molar-refractivity contribution >= 4 is 22.6 Å². The highest BCUT2D eigenvalue weighted by atomic mass is 31.2. The Hall–Kier alpha value is 0.0800. The van der Waals surface area contributed by atoms with Crippen LogP contribution >= 0.6 is 16.6 Å². The van der Waals surface area contributed by atoms with Gasteiger partial charge >= 0.3 is 0 Å². The maximum atomic E-state index is 6.00. The van der Waals surface area contributed by atoms with Crippen LogP contribution in [0.25, 0.3) is 0 Å². The van der Waals surface area contributed by atoms with Gasteiger partial charge in [0.2, 0.25) is 0 Å². The van der Waals surface area contributed by atoms with E-state index in [1.165, 1.54) is 257 Å². The summed E-state index contributed by atoms with van der Waals surface area (Å²) in [6.45, 7) is 0. The first-order valence-electron chi connectivity index (χ1n) is 26.2. The van der Waals surface area contributed by atoms with Gasteiger partial charge in [-0.2, -0.15) is 0 Å². The molecule has 0 heterocycles. The van der Waals surface area contributed by atoms with Crippen LogP contribution in [0.4, 0.5) is 0 Å². The van der Waals surface area contributed by atoms with Crippen LogP contribution in [0.1, 0.15) is 257 Å². The Labute approximate surface area is 354 Å². The Morgan fingerprint density at radius 2 is 0.474 bits per heavy atom. The number of rotatable bonds is 14. The summed E-state index contributed by atoms with van der Waals surface area (Å²) < 4.78 is 12.8. The first-order valence-corrected chi connectivity index (χ1v) is 28.7. The molecule has 8 aliphatic carbocycles.